The number of unbranched alkanes of at least 4 members (excludes halogenated alkanes) is 1. The fraction of sp³-hybridized carbons (Fsp3) is 0.345. The Morgan fingerprint density at radius 2 is 1.61 bits per heavy atom. The molecule has 4 rings (SSSR count). The molecule has 0 radical (unpaired) electrons. The van der Waals surface area contributed by atoms with E-state index in [0.717, 1.165) is 54.2 Å². The van der Waals surface area contributed by atoms with Crippen molar-refractivity contribution >= 4 is 11.0 Å². The second-order valence-corrected chi connectivity index (χ2v) is 8.70. The summed E-state index contributed by atoms with van der Waals surface area (Å²) in [5.41, 5.74) is 4.75. The third kappa shape index (κ3) is 5.75. The highest BCUT2D eigenvalue weighted by molar-refractivity contribution is 5.75. The van der Waals surface area contributed by atoms with Crippen LogP contribution in [0.3, 0.4) is 0 Å². The number of ether oxygens (including phenoxy) is 2. The summed E-state index contributed by atoms with van der Waals surface area (Å²) >= 11 is 0. The second kappa shape index (κ2) is 11.0. The summed E-state index contributed by atoms with van der Waals surface area (Å²) in [5.74, 6) is 3.30. The Morgan fingerprint density at radius 1 is 0.848 bits per heavy atom. The number of rotatable bonds is 11. The highest BCUT2D eigenvalue weighted by atomic mass is 16.5. The third-order valence-corrected chi connectivity index (χ3v) is 6.01. The third-order valence-electron chi connectivity index (χ3n) is 6.01. The first kappa shape index (κ1) is 22.9. The monoisotopic (exact) mass is 442 g/mol. The minimum Gasteiger partial charge on any atom is -0.493 e. The molecule has 0 aliphatic carbocycles. The van der Waals surface area contributed by atoms with Gasteiger partial charge in [-0.2, -0.15) is 0 Å². The van der Waals surface area contributed by atoms with Crippen LogP contribution in [0.2, 0.25) is 0 Å². The largest absolute Gasteiger partial charge is 0.493 e. The van der Waals surface area contributed by atoms with E-state index in [4.69, 9.17) is 14.5 Å². The summed E-state index contributed by atoms with van der Waals surface area (Å²) < 4.78 is 14.5. The van der Waals surface area contributed by atoms with Crippen molar-refractivity contribution in [2.24, 2.45) is 0 Å². The van der Waals surface area contributed by atoms with Gasteiger partial charge >= 0.3 is 0 Å². The zero-order valence-electron chi connectivity index (χ0n) is 20.0. The fourth-order valence-electron chi connectivity index (χ4n) is 4.10. The molecule has 0 saturated heterocycles. The van der Waals surface area contributed by atoms with Gasteiger partial charge in [-0.25, -0.2) is 4.98 Å². The van der Waals surface area contributed by atoms with Crippen molar-refractivity contribution in [2.75, 3.05) is 6.61 Å². The molecule has 0 atom stereocenters. The Labute approximate surface area is 197 Å². The van der Waals surface area contributed by atoms with E-state index in [1.807, 2.05) is 24.3 Å². The van der Waals surface area contributed by atoms with Crippen molar-refractivity contribution in [3.8, 4) is 11.5 Å². The Morgan fingerprint density at radius 3 is 2.39 bits per heavy atom. The highest BCUT2D eigenvalue weighted by Crippen LogP contribution is 2.26. The molecule has 4 nitrogen and oxygen atoms in total. The lowest BCUT2D eigenvalue weighted by Crippen LogP contribution is -2.09. The zero-order valence-corrected chi connectivity index (χ0v) is 20.0. The first-order valence-electron chi connectivity index (χ1n) is 12.0. The van der Waals surface area contributed by atoms with Gasteiger partial charge in [-0.05, 0) is 66.6 Å². The molecule has 33 heavy (non-hydrogen) atoms. The molecule has 0 saturated carbocycles. The van der Waals surface area contributed by atoms with Crippen LogP contribution in [-0.4, -0.2) is 16.2 Å². The van der Waals surface area contributed by atoms with Crippen molar-refractivity contribution in [1.82, 2.24) is 9.55 Å². The molecule has 0 bridgehead atoms. The van der Waals surface area contributed by atoms with E-state index >= 15 is 0 Å². The number of para-hydroxylation sites is 3. The average Bonchev–Trinajstić information content (AvgIpc) is 3.20. The van der Waals surface area contributed by atoms with Crippen LogP contribution in [0.5, 0.6) is 11.5 Å². The van der Waals surface area contributed by atoms with Gasteiger partial charge in [-0.1, -0.05) is 63.2 Å². The molecule has 4 heteroatoms. The van der Waals surface area contributed by atoms with E-state index in [1.54, 1.807) is 0 Å². The molecule has 0 fully saturated rings. The number of hydrogen-bond acceptors (Lipinski definition) is 3. The van der Waals surface area contributed by atoms with Crippen molar-refractivity contribution in [1.29, 1.82) is 0 Å². The smallest absolute Gasteiger partial charge is 0.147 e. The Kier molecular flexibility index (Phi) is 7.66. The lowest BCUT2D eigenvalue weighted by molar-refractivity contribution is 0.284. The molecule has 0 amide bonds. The van der Waals surface area contributed by atoms with E-state index in [2.05, 4.69) is 73.9 Å². The number of nitrogens with zero attached hydrogens (tertiary/aromatic N) is 2. The maximum atomic E-state index is 6.11. The van der Waals surface area contributed by atoms with E-state index in [9.17, 15) is 0 Å². The maximum Gasteiger partial charge on any atom is 0.147 e. The van der Waals surface area contributed by atoms with Crippen LogP contribution in [0.25, 0.3) is 11.0 Å². The van der Waals surface area contributed by atoms with Crippen LogP contribution in [0.4, 0.5) is 0 Å². The van der Waals surface area contributed by atoms with Crippen molar-refractivity contribution < 1.29 is 9.47 Å². The zero-order chi connectivity index (χ0) is 23.0. The summed E-state index contributed by atoms with van der Waals surface area (Å²) in [4.78, 5) is 4.85. The topological polar surface area (TPSA) is 36.3 Å². The van der Waals surface area contributed by atoms with Crippen LogP contribution >= 0.6 is 0 Å². The van der Waals surface area contributed by atoms with Gasteiger partial charge in [0.25, 0.3) is 0 Å². The molecule has 3 aromatic carbocycles. The first-order valence-corrected chi connectivity index (χ1v) is 12.0. The summed E-state index contributed by atoms with van der Waals surface area (Å²) in [6.07, 6.45) is 3.03. The molecular weight excluding hydrogens is 408 g/mol. The number of benzene rings is 3. The SMILES string of the molecule is CCc1ccc(OCc2nc3ccccc3n2CCCCOc2ccccc2C(C)C)cc1. The van der Waals surface area contributed by atoms with Gasteiger partial charge < -0.3 is 14.0 Å². The summed E-state index contributed by atoms with van der Waals surface area (Å²) in [7, 11) is 0. The van der Waals surface area contributed by atoms with E-state index in [0.29, 0.717) is 19.1 Å². The molecule has 4 aromatic rings. The average molecular weight is 443 g/mol. The standard InChI is InChI=1S/C29H34N2O2/c1-4-23-15-17-24(18-16-23)33-21-29-30-26-12-6-7-13-27(26)31(29)19-9-10-20-32-28-14-8-5-11-25(28)22(2)3/h5-8,11-18,22H,4,9-10,19-21H2,1-3H3. The predicted molar refractivity (Wildman–Crippen MR) is 135 cm³/mol. The normalized spacial score (nSPS) is 11.3. The summed E-state index contributed by atoms with van der Waals surface area (Å²) in [6, 6.07) is 25.0. The van der Waals surface area contributed by atoms with E-state index < -0.39 is 0 Å². The van der Waals surface area contributed by atoms with Crippen LogP contribution in [0.1, 0.15) is 56.5 Å². The summed E-state index contributed by atoms with van der Waals surface area (Å²) in [5, 5.41) is 0. The van der Waals surface area contributed by atoms with E-state index in [1.165, 1.54) is 11.1 Å². The van der Waals surface area contributed by atoms with E-state index in [-0.39, 0.29) is 0 Å². The minimum atomic E-state index is 0.457. The quantitative estimate of drug-likeness (QED) is 0.231. The number of fused-ring (bicyclic) bond motifs is 1. The minimum absolute atomic E-state index is 0.457. The van der Waals surface area contributed by atoms with Gasteiger partial charge in [0.05, 0.1) is 17.6 Å². The lowest BCUT2D eigenvalue weighted by Gasteiger charge is -2.14. The van der Waals surface area contributed by atoms with Crippen LogP contribution < -0.4 is 9.47 Å². The Balaban J connectivity index is 1.37. The van der Waals surface area contributed by atoms with Crippen molar-refractivity contribution in [3.05, 3.63) is 89.7 Å². The molecular formula is C29H34N2O2. The molecule has 0 aliphatic rings. The van der Waals surface area contributed by atoms with Gasteiger partial charge in [-0.15, -0.1) is 0 Å². The maximum absolute atomic E-state index is 6.11. The van der Waals surface area contributed by atoms with Crippen molar-refractivity contribution in [3.63, 3.8) is 0 Å². The van der Waals surface area contributed by atoms with Crippen molar-refractivity contribution in [2.45, 2.75) is 59.1 Å². The van der Waals surface area contributed by atoms with Gasteiger partial charge in [0.15, 0.2) is 0 Å². The second-order valence-electron chi connectivity index (χ2n) is 8.70. The van der Waals surface area contributed by atoms with Gasteiger partial charge in [0, 0.05) is 6.54 Å². The molecule has 0 spiro atoms. The Hall–Kier alpha value is -3.27. The number of imidazole rings is 1. The number of aryl methyl sites for hydroxylation is 2. The first-order chi connectivity index (χ1) is 16.2. The molecule has 1 aromatic heterocycles. The number of hydrogen-bond donors (Lipinski definition) is 0. The molecule has 172 valence electrons. The molecule has 1 heterocycles. The molecule has 0 N–H and O–H groups in total. The highest BCUT2D eigenvalue weighted by Gasteiger charge is 2.11. The summed E-state index contributed by atoms with van der Waals surface area (Å²) in [6.45, 7) is 8.63. The number of aromatic nitrogens is 2. The van der Waals surface area contributed by atoms with Gasteiger partial charge in [0.2, 0.25) is 0 Å². The van der Waals surface area contributed by atoms with Gasteiger partial charge in [0.1, 0.15) is 23.9 Å². The van der Waals surface area contributed by atoms with Gasteiger partial charge in [-0.3, -0.25) is 0 Å². The Bertz CT molecular complexity index is 1160. The van der Waals surface area contributed by atoms with Crippen LogP contribution in [0.15, 0.2) is 72.8 Å². The molecule has 0 aliphatic heterocycles. The predicted octanol–water partition coefficient (Wildman–Crippen LogP) is 7.16. The lowest BCUT2D eigenvalue weighted by atomic mass is 10.0. The van der Waals surface area contributed by atoms with Crippen LogP contribution in [-0.2, 0) is 19.6 Å². The fourth-order valence-corrected chi connectivity index (χ4v) is 4.10. The molecule has 0 unspecified atom stereocenters. The van der Waals surface area contributed by atoms with Crippen LogP contribution in [0, 0.1) is 0 Å².